The number of hydrogen-bond donors (Lipinski definition) is 2. The molecule has 1 aliphatic rings. The highest BCUT2D eigenvalue weighted by molar-refractivity contribution is 7.99. The summed E-state index contributed by atoms with van der Waals surface area (Å²) in [4.78, 5) is 36.9. The molecule has 0 spiro atoms. The molecule has 0 aromatic rings. The number of rotatable bonds is 5. The van der Waals surface area contributed by atoms with Crippen molar-refractivity contribution in [2.24, 2.45) is 0 Å². The third kappa shape index (κ3) is 6.34. The summed E-state index contributed by atoms with van der Waals surface area (Å²) >= 11 is 1.66. The van der Waals surface area contributed by atoms with Crippen molar-refractivity contribution in [1.29, 1.82) is 0 Å². The molecule has 1 rings (SSSR count). The maximum atomic E-state index is 11.9. The molecular weight excluding hydrogens is 294 g/mol. The lowest BCUT2D eigenvalue weighted by molar-refractivity contribution is -0.149. The highest BCUT2D eigenvalue weighted by Crippen LogP contribution is 2.17. The molecule has 1 atom stereocenters. The van der Waals surface area contributed by atoms with E-state index in [4.69, 9.17) is 4.74 Å². The van der Waals surface area contributed by atoms with Crippen LogP contribution in [0.3, 0.4) is 0 Å². The lowest BCUT2D eigenvalue weighted by Gasteiger charge is -2.32. The van der Waals surface area contributed by atoms with Crippen LogP contribution in [0.2, 0.25) is 0 Å². The fraction of sp³-hybridized carbons (Fsp3) is 0.769. The number of imide groups is 1. The van der Waals surface area contributed by atoms with Crippen molar-refractivity contribution in [3.8, 4) is 0 Å². The molecule has 0 radical (unpaired) electrons. The van der Waals surface area contributed by atoms with E-state index in [2.05, 4.69) is 10.6 Å². The summed E-state index contributed by atoms with van der Waals surface area (Å²) in [5, 5.41) is 4.84. The number of urea groups is 1. The van der Waals surface area contributed by atoms with Gasteiger partial charge < -0.3 is 10.1 Å². The smallest absolute Gasteiger partial charge is 0.324 e. The number of carbonyl (C=O) groups is 3. The van der Waals surface area contributed by atoms with Gasteiger partial charge >= 0.3 is 12.0 Å². The second-order valence-electron chi connectivity index (χ2n) is 4.99. The van der Waals surface area contributed by atoms with E-state index in [1.165, 1.54) is 0 Å². The number of nitrogens with one attached hydrogen (secondary N) is 2. The van der Waals surface area contributed by atoms with Crippen molar-refractivity contribution >= 4 is 29.7 Å². The van der Waals surface area contributed by atoms with Crippen LogP contribution in [0, 0.1) is 0 Å². The van der Waals surface area contributed by atoms with E-state index >= 15 is 0 Å². The lowest BCUT2D eigenvalue weighted by Crippen LogP contribution is -2.53. The predicted molar refractivity (Wildman–Crippen MR) is 81.1 cm³/mol. The first-order valence-corrected chi connectivity index (χ1v) is 8.18. The highest BCUT2D eigenvalue weighted by atomic mass is 32.2. The summed E-state index contributed by atoms with van der Waals surface area (Å²) in [7, 11) is 0. The normalized spacial score (nSPS) is 19.1. The SMILES string of the molecule is CCOC(=O)[C@@H]1CSCCN1CC(=O)NC(=O)NC(C)C. The summed E-state index contributed by atoms with van der Waals surface area (Å²) in [5.41, 5.74) is 0. The molecule has 21 heavy (non-hydrogen) atoms. The first kappa shape index (κ1) is 17.8. The maximum Gasteiger partial charge on any atom is 0.324 e. The third-order valence-corrected chi connectivity index (χ3v) is 3.84. The molecule has 0 aromatic heterocycles. The van der Waals surface area contributed by atoms with Gasteiger partial charge in [0.25, 0.3) is 0 Å². The van der Waals surface area contributed by atoms with Crippen molar-refractivity contribution in [3.05, 3.63) is 0 Å². The van der Waals surface area contributed by atoms with Gasteiger partial charge in [-0.15, -0.1) is 0 Å². The molecule has 1 fully saturated rings. The number of esters is 1. The van der Waals surface area contributed by atoms with Crippen molar-refractivity contribution in [2.75, 3.05) is 31.2 Å². The molecule has 1 saturated heterocycles. The zero-order valence-corrected chi connectivity index (χ0v) is 13.5. The van der Waals surface area contributed by atoms with Gasteiger partial charge in [0.1, 0.15) is 6.04 Å². The summed E-state index contributed by atoms with van der Waals surface area (Å²) in [6.07, 6.45) is 0. The number of carbonyl (C=O) groups excluding carboxylic acids is 3. The minimum Gasteiger partial charge on any atom is -0.465 e. The Kier molecular flexibility index (Phi) is 7.52. The molecule has 0 aromatic carbocycles. The molecule has 7 nitrogen and oxygen atoms in total. The molecule has 2 N–H and O–H groups in total. The summed E-state index contributed by atoms with van der Waals surface area (Å²) in [5.74, 6) is 0.713. The fourth-order valence-electron chi connectivity index (χ4n) is 1.93. The van der Waals surface area contributed by atoms with Crippen molar-refractivity contribution < 1.29 is 19.1 Å². The highest BCUT2D eigenvalue weighted by Gasteiger charge is 2.31. The van der Waals surface area contributed by atoms with Crippen LogP contribution in [0.25, 0.3) is 0 Å². The van der Waals surface area contributed by atoms with Crippen LogP contribution in [0.4, 0.5) is 4.79 Å². The Morgan fingerprint density at radius 1 is 1.38 bits per heavy atom. The van der Waals surface area contributed by atoms with Crippen LogP contribution >= 0.6 is 11.8 Å². The quantitative estimate of drug-likeness (QED) is 0.705. The maximum absolute atomic E-state index is 11.9. The second-order valence-corrected chi connectivity index (χ2v) is 6.14. The molecule has 0 aliphatic carbocycles. The van der Waals surface area contributed by atoms with Gasteiger partial charge in [0.05, 0.1) is 13.2 Å². The zero-order chi connectivity index (χ0) is 15.8. The minimum atomic E-state index is -0.519. The Bertz CT molecular complexity index is 390. The van der Waals surface area contributed by atoms with Crippen LogP contribution in [-0.2, 0) is 14.3 Å². The monoisotopic (exact) mass is 317 g/mol. The summed E-state index contributed by atoms with van der Waals surface area (Å²) in [6, 6.07) is -0.992. The molecule has 3 amide bonds. The molecule has 8 heteroatoms. The molecule has 0 saturated carbocycles. The van der Waals surface area contributed by atoms with Crippen molar-refractivity contribution in [3.63, 3.8) is 0 Å². The van der Waals surface area contributed by atoms with Gasteiger partial charge in [-0.05, 0) is 20.8 Å². The topological polar surface area (TPSA) is 87.7 Å². The average molecular weight is 317 g/mol. The first-order valence-electron chi connectivity index (χ1n) is 7.02. The molecular formula is C13H23N3O4S. The van der Waals surface area contributed by atoms with E-state index < -0.39 is 18.0 Å². The Balaban J connectivity index is 2.51. The van der Waals surface area contributed by atoms with Crippen LogP contribution in [0.15, 0.2) is 0 Å². The van der Waals surface area contributed by atoms with Crippen LogP contribution < -0.4 is 10.6 Å². The van der Waals surface area contributed by atoms with Gasteiger partial charge in [-0.2, -0.15) is 11.8 Å². The van der Waals surface area contributed by atoms with Gasteiger partial charge in [-0.25, -0.2) is 4.79 Å². The van der Waals surface area contributed by atoms with E-state index in [-0.39, 0.29) is 18.6 Å². The Morgan fingerprint density at radius 2 is 2.10 bits per heavy atom. The first-order chi connectivity index (χ1) is 9.93. The van der Waals surface area contributed by atoms with E-state index in [0.717, 1.165) is 5.75 Å². The summed E-state index contributed by atoms with van der Waals surface area (Å²) in [6.45, 7) is 6.31. The third-order valence-electron chi connectivity index (χ3n) is 2.82. The van der Waals surface area contributed by atoms with Crippen molar-refractivity contribution in [1.82, 2.24) is 15.5 Å². The van der Waals surface area contributed by atoms with Crippen LogP contribution in [0.5, 0.6) is 0 Å². The van der Waals surface area contributed by atoms with Crippen LogP contribution in [-0.4, -0.2) is 66.1 Å². The largest absolute Gasteiger partial charge is 0.465 e. The molecule has 1 aliphatic heterocycles. The van der Waals surface area contributed by atoms with Crippen molar-refractivity contribution in [2.45, 2.75) is 32.9 Å². The standard InChI is InChI=1S/C13H23N3O4S/c1-4-20-12(18)10-8-21-6-5-16(10)7-11(17)15-13(19)14-9(2)3/h9-10H,4-8H2,1-3H3,(H2,14,15,17,19)/t10-/m0/s1. The van der Waals surface area contributed by atoms with Gasteiger partial charge in [0.2, 0.25) is 5.91 Å². The molecule has 120 valence electrons. The molecule has 1 heterocycles. The Labute approximate surface area is 129 Å². The summed E-state index contributed by atoms with van der Waals surface area (Å²) < 4.78 is 5.02. The fourth-order valence-corrected chi connectivity index (χ4v) is 3.03. The van der Waals surface area contributed by atoms with E-state index in [1.54, 1.807) is 23.6 Å². The van der Waals surface area contributed by atoms with Gasteiger partial charge in [-0.3, -0.25) is 19.8 Å². The number of amides is 3. The van der Waals surface area contributed by atoms with Gasteiger partial charge in [-0.1, -0.05) is 0 Å². The lowest BCUT2D eigenvalue weighted by atomic mass is 10.2. The Hall–Kier alpha value is -1.28. The average Bonchev–Trinajstić information content (AvgIpc) is 2.38. The van der Waals surface area contributed by atoms with Gasteiger partial charge in [0.15, 0.2) is 0 Å². The zero-order valence-electron chi connectivity index (χ0n) is 12.7. The van der Waals surface area contributed by atoms with Gasteiger partial charge in [0, 0.05) is 24.1 Å². The predicted octanol–water partition coefficient (Wildman–Crippen LogP) is 0.201. The Morgan fingerprint density at radius 3 is 2.71 bits per heavy atom. The molecule has 0 bridgehead atoms. The second kappa shape index (κ2) is 8.89. The number of thioether (sulfide) groups is 1. The number of nitrogens with zero attached hydrogens (tertiary/aromatic N) is 1. The minimum absolute atomic E-state index is 0.00948. The van der Waals surface area contributed by atoms with E-state index in [0.29, 0.717) is 18.9 Å². The number of hydrogen-bond acceptors (Lipinski definition) is 6. The molecule has 0 unspecified atom stereocenters. The van der Waals surface area contributed by atoms with E-state index in [9.17, 15) is 14.4 Å². The van der Waals surface area contributed by atoms with Crippen LogP contribution in [0.1, 0.15) is 20.8 Å². The van der Waals surface area contributed by atoms with E-state index in [1.807, 2.05) is 13.8 Å². The number of ether oxygens (including phenoxy) is 1.